The number of nitrogens with one attached hydrogen (secondary N) is 1. The first-order valence-electron chi connectivity index (χ1n) is 5.93. The van der Waals surface area contributed by atoms with Gasteiger partial charge in [0.2, 0.25) is 0 Å². The summed E-state index contributed by atoms with van der Waals surface area (Å²) in [5, 5.41) is 22.1. The molecule has 2 aromatic carbocycles. The van der Waals surface area contributed by atoms with Crippen molar-refractivity contribution in [1.29, 1.82) is 5.26 Å². The molecular formula is C15H13ClN2O2. The number of aromatic hydroxyl groups is 1. The van der Waals surface area contributed by atoms with Crippen LogP contribution < -0.4 is 10.1 Å². The minimum Gasteiger partial charge on any atom is -0.504 e. The Hall–Kier alpha value is -2.38. The lowest BCUT2D eigenvalue weighted by molar-refractivity contribution is 0.373. The number of benzene rings is 2. The van der Waals surface area contributed by atoms with Crippen LogP contribution in [0.5, 0.6) is 11.5 Å². The fourth-order valence-electron chi connectivity index (χ4n) is 1.76. The second-order valence-corrected chi connectivity index (χ2v) is 4.57. The van der Waals surface area contributed by atoms with Crippen LogP contribution in [0, 0.1) is 11.3 Å². The highest BCUT2D eigenvalue weighted by atomic mass is 35.5. The van der Waals surface area contributed by atoms with Crippen LogP contribution in [0.2, 0.25) is 5.02 Å². The van der Waals surface area contributed by atoms with Crippen molar-refractivity contribution in [3.05, 3.63) is 52.5 Å². The molecule has 0 saturated carbocycles. The summed E-state index contributed by atoms with van der Waals surface area (Å²) in [7, 11) is 1.50. The number of halogens is 1. The molecule has 0 aliphatic carbocycles. The molecule has 0 aliphatic rings. The first-order valence-corrected chi connectivity index (χ1v) is 6.31. The molecule has 0 atom stereocenters. The van der Waals surface area contributed by atoms with Crippen LogP contribution in [0.1, 0.15) is 11.1 Å². The normalized spacial score (nSPS) is 9.85. The SMILES string of the molecule is COc1cc(CNc2cc(C#N)ccc2Cl)ccc1O. The van der Waals surface area contributed by atoms with Crippen molar-refractivity contribution in [1.82, 2.24) is 0 Å². The van der Waals surface area contributed by atoms with Gasteiger partial charge in [-0.15, -0.1) is 0 Å². The summed E-state index contributed by atoms with van der Waals surface area (Å²) in [6.45, 7) is 0.505. The quantitative estimate of drug-likeness (QED) is 0.903. The van der Waals surface area contributed by atoms with Gasteiger partial charge in [0.1, 0.15) is 0 Å². The van der Waals surface area contributed by atoms with Crippen molar-refractivity contribution in [3.63, 3.8) is 0 Å². The number of phenols is 1. The topological polar surface area (TPSA) is 65.3 Å². The maximum Gasteiger partial charge on any atom is 0.160 e. The molecule has 2 rings (SSSR count). The van der Waals surface area contributed by atoms with E-state index in [4.69, 9.17) is 21.6 Å². The van der Waals surface area contributed by atoms with Crippen molar-refractivity contribution in [2.45, 2.75) is 6.54 Å². The van der Waals surface area contributed by atoms with Gasteiger partial charge in [0.25, 0.3) is 0 Å². The van der Waals surface area contributed by atoms with Crippen molar-refractivity contribution >= 4 is 17.3 Å². The van der Waals surface area contributed by atoms with Crippen LogP contribution in [0.15, 0.2) is 36.4 Å². The van der Waals surface area contributed by atoms with Gasteiger partial charge in [-0.1, -0.05) is 17.7 Å². The zero-order valence-electron chi connectivity index (χ0n) is 10.9. The lowest BCUT2D eigenvalue weighted by Crippen LogP contribution is -2.00. The van der Waals surface area contributed by atoms with E-state index in [2.05, 4.69) is 11.4 Å². The van der Waals surface area contributed by atoms with Gasteiger partial charge >= 0.3 is 0 Å². The lowest BCUT2D eigenvalue weighted by atomic mass is 10.1. The number of rotatable bonds is 4. The fraction of sp³-hybridized carbons (Fsp3) is 0.133. The zero-order valence-corrected chi connectivity index (χ0v) is 11.6. The van der Waals surface area contributed by atoms with Crippen molar-refractivity contribution in [3.8, 4) is 17.6 Å². The fourth-order valence-corrected chi connectivity index (χ4v) is 1.94. The molecule has 0 aromatic heterocycles. The Morgan fingerprint density at radius 3 is 2.80 bits per heavy atom. The first-order chi connectivity index (χ1) is 9.63. The number of anilines is 1. The molecule has 0 unspecified atom stereocenters. The van der Waals surface area contributed by atoms with E-state index in [1.54, 1.807) is 36.4 Å². The average Bonchev–Trinajstić information content (AvgIpc) is 2.47. The number of hydrogen-bond acceptors (Lipinski definition) is 4. The van der Waals surface area contributed by atoms with E-state index in [1.807, 2.05) is 0 Å². The summed E-state index contributed by atoms with van der Waals surface area (Å²) in [5.74, 6) is 0.516. The largest absolute Gasteiger partial charge is 0.504 e. The van der Waals surface area contributed by atoms with Gasteiger partial charge < -0.3 is 15.2 Å². The van der Waals surface area contributed by atoms with E-state index < -0.39 is 0 Å². The second-order valence-electron chi connectivity index (χ2n) is 4.17. The number of hydrogen-bond donors (Lipinski definition) is 2. The predicted molar refractivity (Wildman–Crippen MR) is 78.2 cm³/mol. The standard InChI is InChI=1S/C15H13ClN2O2/c1-20-15-7-11(3-5-14(15)19)9-18-13-6-10(8-17)2-4-12(13)16/h2-7,18-19H,9H2,1H3. The maximum absolute atomic E-state index is 9.53. The molecule has 20 heavy (non-hydrogen) atoms. The minimum atomic E-state index is 0.0979. The van der Waals surface area contributed by atoms with Crippen molar-refractivity contribution in [2.24, 2.45) is 0 Å². The number of ether oxygens (including phenoxy) is 1. The summed E-state index contributed by atoms with van der Waals surface area (Å²) in [4.78, 5) is 0. The average molecular weight is 289 g/mol. The Morgan fingerprint density at radius 2 is 2.10 bits per heavy atom. The number of nitrogens with zero attached hydrogens (tertiary/aromatic N) is 1. The molecule has 5 heteroatoms. The second kappa shape index (κ2) is 6.18. The van der Waals surface area contributed by atoms with Crippen molar-refractivity contribution < 1.29 is 9.84 Å². The molecule has 0 spiro atoms. The van der Waals surface area contributed by atoms with Crippen LogP contribution >= 0.6 is 11.6 Å². The van der Waals surface area contributed by atoms with Gasteiger partial charge in [-0.2, -0.15) is 5.26 Å². The van der Waals surface area contributed by atoms with E-state index in [0.29, 0.717) is 28.6 Å². The summed E-state index contributed by atoms with van der Waals surface area (Å²) in [5.41, 5.74) is 2.16. The number of phenolic OH excluding ortho intramolecular Hbond substituents is 1. The molecule has 2 aromatic rings. The van der Waals surface area contributed by atoms with Crippen LogP contribution in [0.3, 0.4) is 0 Å². The molecule has 0 fully saturated rings. The Labute approximate surface area is 122 Å². The van der Waals surface area contributed by atoms with Crippen LogP contribution in [-0.4, -0.2) is 12.2 Å². The smallest absolute Gasteiger partial charge is 0.160 e. The van der Waals surface area contributed by atoms with Gasteiger partial charge in [-0.25, -0.2) is 0 Å². The summed E-state index contributed by atoms with van der Waals surface area (Å²) >= 11 is 6.07. The zero-order chi connectivity index (χ0) is 14.5. The Morgan fingerprint density at radius 1 is 1.30 bits per heavy atom. The molecular weight excluding hydrogens is 276 g/mol. The van der Waals surface area contributed by atoms with Gasteiger partial charge in [-0.3, -0.25) is 0 Å². The molecule has 0 bridgehead atoms. The monoisotopic (exact) mass is 288 g/mol. The molecule has 102 valence electrons. The molecule has 4 nitrogen and oxygen atoms in total. The van der Waals surface area contributed by atoms with E-state index in [0.717, 1.165) is 5.56 Å². The summed E-state index contributed by atoms with van der Waals surface area (Å²) in [6.07, 6.45) is 0. The molecule has 2 N–H and O–H groups in total. The Bertz CT molecular complexity index is 665. The first kappa shape index (κ1) is 14.0. The lowest BCUT2D eigenvalue weighted by Gasteiger charge is -2.10. The van der Waals surface area contributed by atoms with Gasteiger partial charge in [0.15, 0.2) is 11.5 Å². The highest BCUT2D eigenvalue weighted by Gasteiger charge is 2.05. The predicted octanol–water partition coefficient (Wildman–Crippen LogP) is 3.54. The molecule has 0 aliphatic heterocycles. The third kappa shape index (κ3) is 3.14. The summed E-state index contributed by atoms with van der Waals surface area (Å²) < 4.78 is 5.05. The molecule has 0 amide bonds. The molecule has 0 saturated heterocycles. The van der Waals surface area contributed by atoms with Crippen molar-refractivity contribution in [2.75, 3.05) is 12.4 Å². The van der Waals surface area contributed by atoms with Crippen LogP contribution in [-0.2, 0) is 6.54 Å². The third-order valence-electron chi connectivity index (χ3n) is 2.82. The molecule has 0 heterocycles. The maximum atomic E-state index is 9.53. The van der Waals surface area contributed by atoms with E-state index in [1.165, 1.54) is 7.11 Å². The van der Waals surface area contributed by atoms with Gasteiger partial charge in [-0.05, 0) is 35.9 Å². The molecule has 0 radical (unpaired) electrons. The highest BCUT2D eigenvalue weighted by Crippen LogP contribution is 2.27. The Balaban J connectivity index is 2.15. The number of nitriles is 1. The summed E-state index contributed by atoms with van der Waals surface area (Å²) in [6, 6.07) is 12.2. The highest BCUT2D eigenvalue weighted by molar-refractivity contribution is 6.33. The minimum absolute atomic E-state index is 0.0979. The van der Waals surface area contributed by atoms with Crippen LogP contribution in [0.25, 0.3) is 0 Å². The van der Waals surface area contributed by atoms with Gasteiger partial charge in [0.05, 0.1) is 29.5 Å². The Kier molecular flexibility index (Phi) is 4.34. The van der Waals surface area contributed by atoms with E-state index in [9.17, 15) is 5.11 Å². The third-order valence-corrected chi connectivity index (χ3v) is 3.15. The van der Waals surface area contributed by atoms with Gasteiger partial charge in [0, 0.05) is 6.54 Å². The van der Waals surface area contributed by atoms with E-state index in [-0.39, 0.29) is 5.75 Å². The van der Waals surface area contributed by atoms with E-state index >= 15 is 0 Å². The number of methoxy groups -OCH3 is 1. The van der Waals surface area contributed by atoms with Crippen LogP contribution in [0.4, 0.5) is 5.69 Å².